The number of halogens is 2. The van der Waals surface area contributed by atoms with Crippen molar-refractivity contribution in [3.8, 4) is 0 Å². The Labute approximate surface area is 136 Å². The van der Waals surface area contributed by atoms with Crippen LogP contribution in [0.2, 0.25) is 10.0 Å². The molecule has 1 aromatic carbocycles. The summed E-state index contributed by atoms with van der Waals surface area (Å²) in [5, 5.41) is 3.71. The smallest absolute Gasteiger partial charge is 0.237 e. The van der Waals surface area contributed by atoms with Gasteiger partial charge in [0.15, 0.2) is 0 Å². The van der Waals surface area contributed by atoms with E-state index in [0.717, 1.165) is 23.1 Å². The van der Waals surface area contributed by atoms with E-state index in [4.69, 9.17) is 23.2 Å². The fourth-order valence-electron chi connectivity index (χ4n) is 1.68. The fraction of sp³-hybridized carbons (Fsp3) is 0.385. The van der Waals surface area contributed by atoms with Crippen molar-refractivity contribution >= 4 is 62.7 Å². The van der Waals surface area contributed by atoms with Gasteiger partial charge in [-0.05, 0) is 24.6 Å². The topological polar surface area (TPSA) is 41.5 Å². The molecule has 0 bridgehead atoms. The van der Waals surface area contributed by atoms with Gasteiger partial charge in [-0.1, -0.05) is 53.6 Å². The summed E-state index contributed by atoms with van der Waals surface area (Å²) in [6.45, 7) is 2.83. The maximum absolute atomic E-state index is 12.3. The minimum absolute atomic E-state index is 0.0500. The number of benzene rings is 1. The van der Waals surface area contributed by atoms with E-state index in [0.29, 0.717) is 15.7 Å². The summed E-state index contributed by atoms with van der Waals surface area (Å²) < 4.78 is 0.996. The molecular weight excluding hydrogens is 335 g/mol. The lowest BCUT2D eigenvalue weighted by molar-refractivity contribution is -0.115. The normalized spacial score (nSPS) is 15.8. The lowest BCUT2D eigenvalue weighted by Gasteiger charge is -2.14. The van der Waals surface area contributed by atoms with Crippen molar-refractivity contribution in [1.29, 1.82) is 0 Å². The molecule has 0 fully saturated rings. The van der Waals surface area contributed by atoms with Crippen LogP contribution in [0.5, 0.6) is 0 Å². The van der Waals surface area contributed by atoms with Gasteiger partial charge in [0, 0.05) is 21.5 Å². The zero-order chi connectivity index (χ0) is 14.5. The first-order valence-electron chi connectivity index (χ1n) is 6.19. The van der Waals surface area contributed by atoms with Crippen molar-refractivity contribution in [1.82, 2.24) is 0 Å². The van der Waals surface area contributed by atoms with Crippen LogP contribution in [0.4, 0.5) is 5.69 Å². The molecule has 0 saturated carbocycles. The third kappa shape index (κ3) is 4.58. The number of carbonyl (C=O) groups is 1. The van der Waals surface area contributed by atoms with Gasteiger partial charge in [-0.3, -0.25) is 9.79 Å². The van der Waals surface area contributed by atoms with E-state index in [9.17, 15) is 4.79 Å². The Morgan fingerprint density at radius 2 is 2.15 bits per heavy atom. The maximum atomic E-state index is 12.3. The van der Waals surface area contributed by atoms with Crippen LogP contribution < -0.4 is 5.32 Å². The SMILES string of the molecule is CCC(SC1=NCCS1)C(=O)Nc1cc(Cl)cc(Cl)c1. The molecule has 0 saturated heterocycles. The van der Waals surface area contributed by atoms with Crippen molar-refractivity contribution in [3.05, 3.63) is 28.2 Å². The molecule has 20 heavy (non-hydrogen) atoms. The number of rotatable bonds is 4. The van der Waals surface area contributed by atoms with E-state index in [1.54, 1.807) is 30.0 Å². The minimum Gasteiger partial charge on any atom is -0.325 e. The van der Waals surface area contributed by atoms with Crippen molar-refractivity contribution in [2.75, 3.05) is 17.6 Å². The van der Waals surface area contributed by atoms with Crippen LogP contribution in [-0.2, 0) is 4.79 Å². The molecule has 7 heteroatoms. The quantitative estimate of drug-likeness (QED) is 0.867. The lowest BCUT2D eigenvalue weighted by Crippen LogP contribution is -2.25. The average Bonchev–Trinajstić information content (AvgIpc) is 2.87. The summed E-state index contributed by atoms with van der Waals surface area (Å²) in [6.07, 6.45) is 0.740. The fourth-order valence-corrected chi connectivity index (χ4v) is 4.36. The molecular formula is C13H14Cl2N2OS2. The Bertz CT molecular complexity index is 517. The Kier molecular flexibility index (Phi) is 6.08. The van der Waals surface area contributed by atoms with E-state index in [2.05, 4.69) is 10.3 Å². The van der Waals surface area contributed by atoms with Gasteiger partial charge in [0.05, 0.1) is 11.8 Å². The van der Waals surface area contributed by atoms with Crippen molar-refractivity contribution in [3.63, 3.8) is 0 Å². The van der Waals surface area contributed by atoms with E-state index < -0.39 is 0 Å². The number of nitrogens with one attached hydrogen (secondary N) is 1. The van der Waals surface area contributed by atoms with E-state index >= 15 is 0 Å². The Hall–Kier alpha value is -0.360. The molecule has 1 atom stereocenters. The number of aliphatic imine (C=N–C) groups is 1. The predicted molar refractivity (Wildman–Crippen MR) is 91.5 cm³/mol. The molecule has 1 amide bonds. The number of carbonyl (C=O) groups excluding carboxylic acids is 1. The molecule has 1 heterocycles. The number of nitrogens with zero attached hydrogens (tertiary/aromatic N) is 1. The zero-order valence-corrected chi connectivity index (χ0v) is 14.0. The Morgan fingerprint density at radius 1 is 1.45 bits per heavy atom. The molecule has 0 aromatic heterocycles. The lowest BCUT2D eigenvalue weighted by atomic mass is 10.2. The molecule has 3 nitrogen and oxygen atoms in total. The zero-order valence-electron chi connectivity index (χ0n) is 10.9. The second-order valence-electron chi connectivity index (χ2n) is 4.16. The summed E-state index contributed by atoms with van der Waals surface area (Å²) in [6, 6.07) is 5.00. The molecule has 108 valence electrons. The van der Waals surface area contributed by atoms with Crippen LogP contribution >= 0.6 is 46.7 Å². The summed E-state index contributed by atoms with van der Waals surface area (Å²) in [5.74, 6) is 0.954. The second kappa shape index (κ2) is 7.59. The van der Waals surface area contributed by atoms with Gasteiger partial charge in [-0.15, -0.1) is 0 Å². The highest BCUT2D eigenvalue weighted by Crippen LogP contribution is 2.29. The molecule has 1 aliphatic rings. The van der Waals surface area contributed by atoms with Gasteiger partial charge in [-0.25, -0.2) is 0 Å². The molecule has 2 rings (SSSR count). The number of hydrogen-bond donors (Lipinski definition) is 1. The summed E-state index contributed by atoms with van der Waals surface area (Å²) >= 11 is 15.1. The van der Waals surface area contributed by atoms with E-state index in [1.165, 1.54) is 11.8 Å². The third-order valence-corrected chi connectivity index (χ3v) is 5.60. The predicted octanol–water partition coefficient (Wildman–Crippen LogP) is 4.55. The molecule has 1 aliphatic heterocycles. The van der Waals surface area contributed by atoms with Crippen LogP contribution in [0.3, 0.4) is 0 Å². The van der Waals surface area contributed by atoms with E-state index in [1.807, 2.05) is 6.92 Å². The molecule has 0 radical (unpaired) electrons. The summed E-state index contributed by atoms with van der Waals surface area (Å²) in [4.78, 5) is 16.6. The first-order chi connectivity index (χ1) is 9.58. The van der Waals surface area contributed by atoms with Gasteiger partial charge in [-0.2, -0.15) is 0 Å². The van der Waals surface area contributed by atoms with Gasteiger partial charge in [0.1, 0.15) is 4.38 Å². The number of anilines is 1. The number of thioether (sulfide) groups is 2. The van der Waals surface area contributed by atoms with Gasteiger partial charge >= 0.3 is 0 Å². The number of amides is 1. The average molecular weight is 349 g/mol. The largest absolute Gasteiger partial charge is 0.325 e. The standard InChI is InChI=1S/C13H14Cl2N2OS2/c1-2-11(20-13-16-3-4-19-13)12(18)17-10-6-8(14)5-9(15)7-10/h5-7,11H,2-4H2,1H3,(H,17,18). The molecule has 1 unspecified atom stereocenters. The third-order valence-electron chi connectivity index (χ3n) is 2.59. The maximum Gasteiger partial charge on any atom is 0.237 e. The van der Waals surface area contributed by atoms with Crippen LogP contribution in [-0.4, -0.2) is 27.8 Å². The van der Waals surface area contributed by atoms with Crippen molar-refractivity contribution < 1.29 is 4.79 Å². The highest BCUT2D eigenvalue weighted by Gasteiger charge is 2.21. The molecule has 1 N–H and O–H groups in total. The van der Waals surface area contributed by atoms with E-state index in [-0.39, 0.29) is 11.2 Å². The minimum atomic E-state index is -0.155. The van der Waals surface area contributed by atoms with Crippen LogP contribution in [0, 0.1) is 0 Å². The highest BCUT2D eigenvalue weighted by molar-refractivity contribution is 8.39. The van der Waals surface area contributed by atoms with Gasteiger partial charge < -0.3 is 5.32 Å². The van der Waals surface area contributed by atoms with Gasteiger partial charge in [0.2, 0.25) is 5.91 Å². The summed E-state index contributed by atoms with van der Waals surface area (Å²) in [5.41, 5.74) is 0.618. The Morgan fingerprint density at radius 3 is 2.70 bits per heavy atom. The molecule has 1 aromatic rings. The second-order valence-corrected chi connectivity index (χ2v) is 7.56. The van der Waals surface area contributed by atoms with Crippen LogP contribution in [0.15, 0.2) is 23.2 Å². The highest BCUT2D eigenvalue weighted by atomic mass is 35.5. The van der Waals surface area contributed by atoms with Crippen LogP contribution in [0.1, 0.15) is 13.3 Å². The summed E-state index contributed by atoms with van der Waals surface area (Å²) in [7, 11) is 0. The first-order valence-corrected chi connectivity index (χ1v) is 8.81. The monoisotopic (exact) mass is 348 g/mol. The molecule has 0 aliphatic carbocycles. The Balaban J connectivity index is 2.01. The first kappa shape index (κ1) is 16.0. The van der Waals surface area contributed by atoms with Gasteiger partial charge in [0.25, 0.3) is 0 Å². The van der Waals surface area contributed by atoms with Crippen molar-refractivity contribution in [2.45, 2.75) is 18.6 Å². The van der Waals surface area contributed by atoms with Crippen LogP contribution in [0.25, 0.3) is 0 Å². The number of hydrogen-bond acceptors (Lipinski definition) is 4. The molecule has 0 spiro atoms. The van der Waals surface area contributed by atoms with Crippen molar-refractivity contribution in [2.24, 2.45) is 4.99 Å².